The lowest BCUT2D eigenvalue weighted by Crippen LogP contribution is -2.48. The molecular formula is C21H26N4O2. The average Bonchev–Trinajstić information content (AvgIpc) is 3.00. The molecular weight excluding hydrogens is 340 g/mol. The van der Waals surface area contributed by atoms with E-state index in [9.17, 15) is 9.59 Å². The van der Waals surface area contributed by atoms with Gasteiger partial charge in [-0.15, -0.1) is 0 Å². The van der Waals surface area contributed by atoms with Crippen molar-refractivity contribution >= 4 is 5.91 Å². The molecule has 6 heteroatoms. The SMILES string of the molecule is O=C(c1cnc[nH]c1=O)N1C[C@H]2CC[C@@H]1CN(CCCc1ccccc1)C2. The lowest BCUT2D eigenvalue weighted by atomic mass is 9.94. The van der Waals surface area contributed by atoms with Crippen molar-refractivity contribution in [2.24, 2.45) is 5.92 Å². The Morgan fingerprint density at radius 1 is 1.15 bits per heavy atom. The lowest BCUT2D eigenvalue weighted by Gasteiger charge is -2.36. The van der Waals surface area contributed by atoms with E-state index < -0.39 is 0 Å². The van der Waals surface area contributed by atoms with Gasteiger partial charge >= 0.3 is 0 Å². The first-order chi connectivity index (χ1) is 13.2. The van der Waals surface area contributed by atoms with Crippen LogP contribution in [0.2, 0.25) is 0 Å². The van der Waals surface area contributed by atoms with Gasteiger partial charge in [0, 0.05) is 31.9 Å². The van der Waals surface area contributed by atoms with Gasteiger partial charge in [0.25, 0.3) is 11.5 Å². The quantitative estimate of drug-likeness (QED) is 0.878. The topological polar surface area (TPSA) is 69.3 Å². The Morgan fingerprint density at radius 2 is 2.00 bits per heavy atom. The van der Waals surface area contributed by atoms with Gasteiger partial charge in [-0.2, -0.15) is 0 Å². The second-order valence-electron chi connectivity index (χ2n) is 7.70. The Balaban J connectivity index is 1.39. The van der Waals surface area contributed by atoms with Crippen LogP contribution in [-0.4, -0.2) is 57.9 Å². The fourth-order valence-electron chi connectivity index (χ4n) is 4.41. The van der Waals surface area contributed by atoms with Crippen LogP contribution >= 0.6 is 0 Å². The molecule has 3 aliphatic heterocycles. The highest BCUT2D eigenvalue weighted by Crippen LogP contribution is 2.29. The number of carbonyl (C=O) groups is 1. The summed E-state index contributed by atoms with van der Waals surface area (Å²) in [6, 6.07) is 10.8. The van der Waals surface area contributed by atoms with Crippen molar-refractivity contribution < 1.29 is 4.79 Å². The van der Waals surface area contributed by atoms with Gasteiger partial charge in [-0.05, 0) is 43.7 Å². The fourth-order valence-corrected chi connectivity index (χ4v) is 4.41. The van der Waals surface area contributed by atoms with Gasteiger partial charge in [0.05, 0.1) is 6.33 Å². The number of benzene rings is 1. The zero-order chi connectivity index (χ0) is 18.6. The Labute approximate surface area is 159 Å². The van der Waals surface area contributed by atoms with Crippen LogP contribution in [0.3, 0.4) is 0 Å². The number of aromatic nitrogens is 2. The van der Waals surface area contributed by atoms with E-state index in [1.165, 1.54) is 18.1 Å². The monoisotopic (exact) mass is 366 g/mol. The van der Waals surface area contributed by atoms with Crippen LogP contribution in [0.1, 0.15) is 35.2 Å². The maximum absolute atomic E-state index is 12.9. The molecule has 1 aromatic carbocycles. The van der Waals surface area contributed by atoms with Gasteiger partial charge < -0.3 is 14.8 Å². The summed E-state index contributed by atoms with van der Waals surface area (Å²) in [6.07, 6.45) is 7.09. The van der Waals surface area contributed by atoms with Crippen LogP contribution in [0.15, 0.2) is 47.7 Å². The van der Waals surface area contributed by atoms with Crippen LogP contribution < -0.4 is 5.56 Å². The Kier molecular flexibility index (Phi) is 5.34. The fraction of sp³-hybridized carbons (Fsp3) is 0.476. The molecule has 4 heterocycles. The first-order valence-electron chi connectivity index (χ1n) is 9.80. The Bertz CT molecular complexity index is 835. The summed E-state index contributed by atoms with van der Waals surface area (Å²) >= 11 is 0. The average molecular weight is 366 g/mol. The van der Waals surface area contributed by atoms with Crippen molar-refractivity contribution in [3.63, 3.8) is 0 Å². The van der Waals surface area contributed by atoms with E-state index in [1.54, 1.807) is 0 Å². The number of amides is 1. The number of aromatic amines is 1. The zero-order valence-corrected chi connectivity index (χ0v) is 15.5. The molecule has 142 valence electrons. The second kappa shape index (κ2) is 8.05. The molecule has 0 saturated carbocycles. The number of carbonyl (C=O) groups excluding carboxylic acids is 1. The molecule has 2 atom stereocenters. The second-order valence-corrected chi connectivity index (χ2v) is 7.70. The summed E-state index contributed by atoms with van der Waals surface area (Å²) in [5, 5.41) is 0. The van der Waals surface area contributed by atoms with E-state index in [0.29, 0.717) is 5.92 Å². The van der Waals surface area contributed by atoms with Crippen LogP contribution in [0.25, 0.3) is 0 Å². The van der Waals surface area contributed by atoms with Gasteiger partial charge in [0.1, 0.15) is 5.56 Å². The van der Waals surface area contributed by atoms with Crippen molar-refractivity contribution in [2.75, 3.05) is 26.2 Å². The molecule has 6 nitrogen and oxygen atoms in total. The van der Waals surface area contributed by atoms with Crippen molar-refractivity contribution in [1.29, 1.82) is 0 Å². The molecule has 27 heavy (non-hydrogen) atoms. The standard InChI is InChI=1S/C21H26N4O2/c26-20-19(11-22-15-23-20)21(27)25-13-17-8-9-18(25)14-24(12-17)10-4-7-16-5-2-1-3-6-16/h1-3,5-6,11,15,17-18H,4,7-10,12-14H2,(H,22,23,26)/t17-,18+/m0/s1. The summed E-state index contributed by atoms with van der Waals surface area (Å²) in [5.74, 6) is 0.311. The highest BCUT2D eigenvalue weighted by molar-refractivity contribution is 5.93. The van der Waals surface area contributed by atoms with Gasteiger partial charge in [0.2, 0.25) is 0 Å². The van der Waals surface area contributed by atoms with Gasteiger partial charge in [-0.25, -0.2) is 4.98 Å². The van der Waals surface area contributed by atoms with Crippen LogP contribution in [-0.2, 0) is 6.42 Å². The predicted octanol–water partition coefficient (Wildman–Crippen LogP) is 1.94. The Hall–Kier alpha value is -2.47. The third kappa shape index (κ3) is 4.11. The van der Waals surface area contributed by atoms with Crippen molar-refractivity contribution in [3.8, 4) is 0 Å². The third-order valence-corrected chi connectivity index (χ3v) is 5.78. The largest absolute Gasteiger partial charge is 0.334 e. The van der Waals surface area contributed by atoms with E-state index in [1.807, 2.05) is 4.90 Å². The van der Waals surface area contributed by atoms with Crippen molar-refractivity contribution in [2.45, 2.75) is 31.7 Å². The molecule has 3 saturated heterocycles. The minimum atomic E-state index is -0.352. The molecule has 5 rings (SSSR count). The number of nitrogens with zero attached hydrogens (tertiary/aromatic N) is 3. The molecule has 2 aromatic rings. The minimum Gasteiger partial charge on any atom is -0.334 e. The number of hydrogen-bond acceptors (Lipinski definition) is 4. The first kappa shape index (κ1) is 17.9. The van der Waals surface area contributed by atoms with Crippen LogP contribution in [0, 0.1) is 5.92 Å². The highest BCUT2D eigenvalue weighted by atomic mass is 16.2. The number of aryl methyl sites for hydroxylation is 1. The summed E-state index contributed by atoms with van der Waals surface area (Å²) in [4.78, 5) is 35.7. The highest BCUT2D eigenvalue weighted by Gasteiger charge is 2.37. The predicted molar refractivity (Wildman–Crippen MR) is 104 cm³/mol. The molecule has 0 spiro atoms. The van der Waals surface area contributed by atoms with E-state index in [0.717, 1.165) is 51.9 Å². The number of rotatable bonds is 5. The van der Waals surface area contributed by atoms with E-state index in [4.69, 9.17) is 0 Å². The maximum Gasteiger partial charge on any atom is 0.263 e. The number of H-pyrrole nitrogens is 1. The number of nitrogens with one attached hydrogen (secondary N) is 1. The molecule has 3 aliphatic rings. The summed E-state index contributed by atoms with van der Waals surface area (Å²) < 4.78 is 0. The normalized spacial score (nSPS) is 22.6. The molecule has 1 N–H and O–H groups in total. The van der Waals surface area contributed by atoms with Crippen LogP contribution in [0.4, 0.5) is 0 Å². The van der Waals surface area contributed by atoms with Crippen LogP contribution in [0.5, 0.6) is 0 Å². The molecule has 1 aromatic heterocycles. The van der Waals surface area contributed by atoms with Crippen molar-refractivity contribution in [3.05, 3.63) is 64.3 Å². The van der Waals surface area contributed by atoms with Gasteiger partial charge in [-0.3, -0.25) is 9.59 Å². The minimum absolute atomic E-state index is 0.153. The summed E-state index contributed by atoms with van der Waals surface area (Å²) in [5.41, 5.74) is 1.18. The van der Waals surface area contributed by atoms with E-state index in [2.05, 4.69) is 45.2 Å². The van der Waals surface area contributed by atoms with Gasteiger partial charge in [0.15, 0.2) is 0 Å². The van der Waals surface area contributed by atoms with Gasteiger partial charge in [-0.1, -0.05) is 30.3 Å². The molecule has 0 unspecified atom stereocenters. The summed E-state index contributed by atoms with van der Waals surface area (Å²) in [6.45, 7) is 3.73. The molecule has 1 amide bonds. The first-order valence-corrected chi connectivity index (χ1v) is 9.80. The smallest absolute Gasteiger partial charge is 0.263 e. The molecule has 3 fully saturated rings. The van der Waals surface area contributed by atoms with Crippen molar-refractivity contribution in [1.82, 2.24) is 19.8 Å². The molecule has 2 bridgehead atoms. The zero-order valence-electron chi connectivity index (χ0n) is 15.5. The third-order valence-electron chi connectivity index (χ3n) is 5.78. The number of fused-ring (bicyclic) bond motifs is 4. The maximum atomic E-state index is 12.9. The number of hydrogen-bond donors (Lipinski definition) is 1. The number of piperidine rings is 1. The van der Waals surface area contributed by atoms with E-state index in [-0.39, 0.29) is 23.1 Å². The molecule has 0 aliphatic carbocycles. The molecule has 0 radical (unpaired) electrons. The lowest BCUT2D eigenvalue weighted by molar-refractivity contribution is 0.0583. The Morgan fingerprint density at radius 3 is 2.81 bits per heavy atom. The van der Waals surface area contributed by atoms with E-state index >= 15 is 0 Å². The summed E-state index contributed by atoms with van der Waals surface area (Å²) in [7, 11) is 0.